The van der Waals surface area contributed by atoms with Crippen molar-refractivity contribution in [2.75, 3.05) is 5.32 Å². The molecule has 0 saturated heterocycles. The number of hydrazone groups is 1. The summed E-state index contributed by atoms with van der Waals surface area (Å²) in [5.41, 5.74) is 3.88. The van der Waals surface area contributed by atoms with Crippen LogP contribution in [-0.4, -0.2) is 17.5 Å². The van der Waals surface area contributed by atoms with E-state index in [9.17, 15) is 14.0 Å². The van der Waals surface area contributed by atoms with Gasteiger partial charge in [-0.05, 0) is 38.1 Å². The lowest BCUT2D eigenvalue weighted by Crippen LogP contribution is -2.33. The molecule has 130 valence electrons. The molecule has 0 atom stereocenters. The first-order valence-electron chi connectivity index (χ1n) is 7.15. The SMILES string of the molecule is C/C(=N/NC(=O)C(=O)Nc1ccc(C)cc1)c1c(Cl)ccc(F)c1Cl. The summed E-state index contributed by atoms with van der Waals surface area (Å²) in [6.07, 6.45) is 0. The van der Waals surface area contributed by atoms with Crippen LogP contribution in [0.1, 0.15) is 18.1 Å². The van der Waals surface area contributed by atoms with Gasteiger partial charge in [0.2, 0.25) is 0 Å². The number of amides is 2. The van der Waals surface area contributed by atoms with Gasteiger partial charge in [-0.3, -0.25) is 9.59 Å². The van der Waals surface area contributed by atoms with E-state index in [1.807, 2.05) is 6.92 Å². The summed E-state index contributed by atoms with van der Waals surface area (Å²) in [6, 6.07) is 9.37. The maximum absolute atomic E-state index is 13.5. The highest BCUT2D eigenvalue weighted by Crippen LogP contribution is 2.27. The molecule has 2 aromatic rings. The van der Waals surface area contributed by atoms with E-state index in [-0.39, 0.29) is 21.3 Å². The fourth-order valence-corrected chi connectivity index (χ4v) is 2.57. The van der Waals surface area contributed by atoms with E-state index < -0.39 is 17.6 Å². The van der Waals surface area contributed by atoms with Gasteiger partial charge < -0.3 is 5.32 Å². The summed E-state index contributed by atoms with van der Waals surface area (Å²) >= 11 is 11.8. The molecule has 0 aliphatic carbocycles. The highest BCUT2D eigenvalue weighted by atomic mass is 35.5. The van der Waals surface area contributed by atoms with Crippen LogP contribution in [0.15, 0.2) is 41.5 Å². The zero-order chi connectivity index (χ0) is 18.6. The molecule has 0 saturated carbocycles. The van der Waals surface area contributed by atoms with Crippen molar-refractivity contribution < 1.29 is 14.0 Å². The monoisotopic (exact) mass is 381 g/mol. The largest absolute Gasteiger partial charge is 0.329 e. The number of rotatable bonds is 3. The molecule has 0 fully saturated rings. The van der Waals surface area contributed by atoms with Gasteiger partial charge >= 0.3 is 11.8 Å². The van der Waals surface area contributed by atoms with Gasteiger partial charge in [-0.1, -0.05) is 40.9 Å². The zero-order valence-corrected chi connectivity index (χ0v) is 14.9. The number of aryl methyl sites for hydroxylation is 1. The molecular formula is C17H14Cl2FN3O2. The highest BCUT2D eigenvalue weighted by Gasteiger charge is 2.16. The lowest BCUT2D eigenvalue weighted by atomic mass is 10.1. The van der Waals surface area contributed by atoms with Crippen LogP contribution in [0, 0.1) is 12.7 Å². The topological polar surface area (TPSA) is 70.6 Å². The summed E-state index contributed by atoms with van der Waals surface area (Å²) in [5.74, 6) is -2.54. The first kappa shape index (κ1) is 18.9. The molecule has 0 aromatic heterocycles. The molecule has 25 heavy (non-hydrogen) atoms. The van der Waals surface area contributed by atoms with Crippen molar-refractivity contribution in [1.82, 2.24) is 5.43 Å². The number of benzene rings is 2. The van der Waals surface area contributed by atoms with Crippen LogP contribution < -0.4 is 10.7 Å². The molecule has 2 aromatic carbocycles. The summed E-state index contributed by atoms with van der Waals surface area (Å²) in [6.45, 7) is 3.38. The van der Waals surface area contributed by atoms with Gasteiger partial charge in [0, 0.05) is 11.3 Å². The lowest BCUT2D eigenvalue weighted by Gasteiger charge is -2.08. The third kappa shape index (κ3) is 4.78. The first-order valence-corrected chi connectivity index (χ1v) is 7.91. The fourth-order valence-electron chi connectivity index (χ4n) is 1.92. The zero-order valence-electron chi connectivity index (χ0n) is 13.4. The quantitative estimate of drug-likeness (QED) is 0.366. The van der Waals surface area contributed by atoms with Crippen molar-refractivity contribution in [2.45, 2.75) is 13.8 Å². The Bertz CT molecular complexity index is 852. The molecule has 0 aliphatic heterocycles. The summed E-state index contributed by atoms with van der Waals surface area (Å²) in [5, 5.41) is 6.14. The predicted molar refractivity (Wildman–Crippen MR) is 96.6 cm³/mol. The van der Waals surface area contributed by atoms with Gasteiger partial charge in [0.25, 0.3) is 0 Å². The molecule has 0 unspecified atom stereocenters. The first-order chi connectivity index (χ1) is 11.8. The van der Waals surface area contributed by atoms with Gasteiger partial charge in [0.15, 0.2) is 0 Å². The number of halogens is 3. The van der Waals surface area contributed by atoms with Crippen LogP contribution in [0.25, 0.3) is 0 Å². The summed E-state index contributed by atoms with van der Waals surface area (Å²) in [7, 11) is 0. The van der Waals surface area contributed by atoms with E-state index in [4.69, 9.17) is 23.2 Å². The van der Waals surface area contributed by atoms with Gasteiger partial charge in [-0.25, -0.2) is 9.82 Å². The number of hydrogen-bond donors (Lipinski definition) is 2. The van der Waals surface area contributed by atoms with Crippen molar-refractivity contribution >= 4 is 46.4 Å². The predicted octanol–water partition coefficient (Wildman–Crippen LogP) is 3.92. The van der Waals surface area contributed by atoms with Crippen molar-refractivity contribution in [3.8, 4) is 0 Å². The average Bonchev–Trinajstić information content (AvgIpc) is 2.58. The average molecular weight is 382 g/mol. The van der Waals surface area contributed by atoms with E-state index >= 15 is 0 Å². The normalized spacial score (nSPS) is 11.2. The minimum Gasteiger partial charge on any atom is -0.318 e. The van der Waals surface area contributed by atoms with Gasteiger partial charge in [0.1, 0.15) is 5.82 Å². The molecule has 0 spiro atoms. The van der Waals surface area contributed by atoms with Crippen molar-refractivity contribution in [1.29, 1.82) is 0 Å². The van der Waals surface area contributed by atoms with Crippen LogP contribution in [-0.2, 0) is 9.59 Å². The third-order valence-electron chi connectivity index (χ3n) is 3.25. The molecular weight excluding hydrogens is 368 g/mol. The number of carbonyl (C=O) groups is 2. The molecule has 2 rings (SSSR count). The minimum absolute atomic E-state index is 0.141. The second kappa shape index (κ2) is 8.09. The molecule has 5 nitrogen and oxygen atoms in total. The number of carbonyl (C=O) groups excluding carboxylic acids is 2. The van der Waals surface area contributed by atoms with E-state index in [1.54, 1.807) is 24.3 Å². The molecule has 2 N–H and O–H groups in total. The Morgan fingerprint density at radius 3 is 2.32 bits per heavy atom. The van der Waals surface area contributed by atoms with Crippen molar-refractivity contribution in [2.24, 2.45) is 5.10 Å². The fraction of sp³-hybridized carbons (Fsp3) is 0.118. The Morgan fingerprint density at radius 2 is 1.68 bits per heavy atom. The summed E-state index contributed by atoms with van der Waals surface area (Å²) < 4.78 is 13.5. The number of hydrogen-bond acceptors (Lipinski definition) is 3. The Morgan fingerprint density at radius 1 is 1.04 bits per heavy atom. The molecule has 2 amide bonds. The molecule has 0 radical (unpaired) electrons. The third-order valence-corrected chi connectivity index (χ3v) is 3.93. The Balaban J connectivity index is 2.07. The van der Waals surface area contributed by atoms with Crippen LogP contribution in [0.3, 0.4) is 0 Å². The van der Waals surface area contributed by atoms with Crippen LogP contribution in [0.4, 0.5) is 10.1 Å². The summed E-state index contributed by atoms with van der Waals surface area (Å²) in [4.78, 5) is 23.6. The van der Waals surface area contributed by atoms with E-state index in [0.717, 1.165) is 11.6 Å². The number of nitrogens with one attached hydrogen (secondary N) is 2. The van der Waals surface area contributed by atoms with E-state index in [0.29, 0.717) is 5.69 Å². The highest BCUT2D eigenvalue weighted by molar-refractivity contribution is 6.41. The maximum atomic E-state index is 13.5. The number of nitrogens with zero attached hydrogens (tertiary/aromatic N) is 1. The van der Waals surface area contributed by atoms with Crippen LogP contribution in [0.5, 0.6) is 0 Å². The molecule has 8 heteroatoms. The van der Waals surface area contributed by atoms with Crippen LogP contribution >= 0.6 is 23.2 Å². The molecule has 0 bridgehead atoms. The smallest absolute Gasteiger partial charge is 0.318 e. The maximum Gasteiger partial charge on any atom is 0.329 e. The lowest BCUT2D eigenvalue weighted by molar-refractivity contribution is -0.136. The standard InChI is InChI=1S/C17H14Cl2FN3O2/c1-9-3-5-11(6-4-9)21-16(24)17(25)23-22-10(2)14-12(18)7-8-13(20)15(14)19/h3-8H,1-2H3,(H,21,24)(H,23,25)/b22-10-. The van der Waals surface area contributed by atoms with Crippen molar-refractivity contribution in [3.63, 3.8) is 0 Å². The van der Waals surface area contributed by atoms with Crippen LogP contribution in [0.2, 0.25) is 10.0 Å². The van der Waals surface area contributed by atoms with Gasteiger partial charge in [-0.2, -0.15) is 5.10 Å². The molecule has 0 aliphatic rings. The Kier molecular flexibility index (Phi) is 6.12. The van der Waals surface area contributed by atoms with Gasteiger partial charge in [0.05, 0.1) is 15.8 Å². The van der Waals surface area contributed by atoms with Crippen molar-refractivity contribution in [3.05, 3.63) is 63.4 Å². The Hall–Kier alpha value is -2.44. The number of anilines is 1. The van der Waals surface area contributed by atoms with E-state index in [2.05, 4.69) is 15.8 Å². The molecule has 0 heterocycles. The Labute approximate surface area is 153 Å². The van der Waals surface area contributed by atoms with Gasteiger partial charge in [-0.15, -0.1) is 0 Å². The van der Waals surface area contributed by atoms with E-state index in [1.165, 1.54) is 13.0 Å². The second-order valence-corrected chi connectivity index (χ2v) is 5.96. The second-order valence-electron chi connectivity index (χ2n) is 5.18. The minimum atomic E-state index is -0.983.